The number of nitrogens with two attached hydrogens (primary N) is 2. The van der Waals surface area contributed by atoms with E-state index in [0.29, 0.717) is 40.8 Å². The van der Waals surface area contributed by atoms with Gasteiger partial charge >= 0.3 is 6.03 Å². The van der Waals surface area contributed by atoms with Crippen LogP contribution in [0, 0.1) is 0 Å². The molecule has 8 nitrogen and oxygen atoms in total. The van der Waals surface area contributed by atoms with Gasteiger partial charge in [0.25, 0.3) is 0 Å². The number of fused-ring (bicyclic) bond motifs is 1. The molecular formula is C17H18BrClN6O2. The fourth-order valence-electron chi connectivity index (χ4n) is 3.06. The van der Waals surface area contributed by atoms with Gasteiger partial charge in [-0.1, -0.05) is 11.6 Å². The van der Waals surface area contributed by atoms with Gasteiger partial charge in [0.05, 0.1) is 46.7 Å². The van der Waals surface area contributed by atoms with Crippen molar-refractivity contribution in [3.63, 3.8) is 0 Å². The van der Waals surface area contributed by atoms with Crippen molar-refractivity contribution in [1.82, 2.24) is 20.2 Å². The molecule has 0 unspecified atom stereocenters. The highest BCUT2D eigenvalue weighted by atomic mass is 79.9. The van der Waals surface area contributed by atoms with Crippen molar-refractivity contribution in [2.45, 2.75) is 31.6 Å². The SMILES string of the molecule is COc1cc(-c2nc(N)nc3c2CN(C(=O)NC2(N)CC2)C3)c(Cl)cc1Br. The van der Waals surface area contributed by atoms with E-state index >= 15 is 0 Å². The number of amides is 2. The summed E-state index contributed by atoms with van der Waals surface area (Å²) in [6.45, 7) is 0.684. The highest BCUT2D eigenvalue weighted by Gasteiger charge is 2.41. The van der Waals surface area contributed by atoms with Gasteiger partial charge in [0.2, 0.25) is 5.95 Å². The largest absolute Gasteiger partial charge is 0.496 e. The summed E-state index contributed by atoms with van der Waals surface area (Å²) in [6, 6.07) is 3.30. The lowest BCUT2D eigenvalue weighted by molar-refractivity contribution is 0.193. The molecule has 1 aliphatic heterocycles. The number of hydrogen-bond donors (Lipinski definition) is 3. The number of carbonyl (C=O) groups is 1. The molecule has 0 atom stereocenters. The number of rotatable bonds is 3. The van der Waals surface area contributed by atoms with E-state index in [-0.39, 0.29) is 12.0 Å². The normalized spacial score (nSPS) is 16.8. The molecule has 1 fully saturated rings. The van der Waals surface area contributed by atoms with E-state index < -0.39 is 5.66 Å². The third-order valence-corrected chi connectivity index (χ3v) is 5.66. The Bertz CT molecular complexity index is 950. The van der Waals surface area contributed by atoms with Gasteiger partial charge in [-0.05, 0) is 40.9 Å². The molecule has 4 rings (SSSR count). The number of urea groups is 1. The maximum Gasteiger partial charge on any atom is 0.319 e. The van der Waals surface area contributed by atoms with Crippen molar-refractivity contribution >= 4 is 39.5 Å². The van der Waals surface area contributed by atoms with Gasteiger partial charge in [-0.2, -0.15) is 0 Å². The lowest BCUT2D eigenvalue weighted by Crippen LogP contribution is -2.48. The molecule has 0 radical (unpaired) electrons. The Morgan fingerprint density at radius 2 is 2.11 bits per heavy atom. The summed E-state index contributed by atoms with van der Waals surface area (Å²) < 4.78 is 6.10. The first-order valence-electron chi connectivity index (χ1n) is 8.34. The van der Waals surface area contributed by atoms with E-state index in [4.69, 9.17) is 27.8 Å². The van der Waals surface area contributed by atoms with E-state index in [1.165, 1.54) is 0 Å². The Balaban J connectivity index is 1.71. The quantitative estimate of drug-likeness (QED) is 0.615. The van der Waals surface area contributed by atoms with Crippen LogP contribution in [0.25, 0.3) is 11.3 Å². The highest BCUT2D eigenvalue weighted by molar-refractivity contribution is 9.10. The van der Waals surface area contributed by atoms with Crippen LogP contribution in [0.3, 0.4) is 0 Å². The second kappa shape index (κ2) is 6.50. The summed E-state index contributed by atoms with van der Waals surface area (Å²) in [5, 5.41) is 3.34. The molecule has 1 aromatic heterocycles. The predicted octanol–water partition coefficient (Wildman–Crippen LogP) is 2.62. The first-order valence-corrected chi connectivity index (χ1v) is 9.51. The number of hydrogen-bond acceptors (Lipinski definition) is 6. The molecule has 2 amide bonds. The number of aromatic nitrogens is 2. The zero-order valence-electron chi connectivity index (χ0n) is 14.6. The Kier molecular flexibility index (Phi) is 4.40. The number of nitrogens with one attached hydrogen (secondary N) is 1. The summed E-state index contributed by atoms with van der Waals surface area (Å²) in [6.07, 6.45) is 1.57. The molecule has 2 heterocycles. The maximum atomic E-state index is 12.5. The van der Waals surface area contributed by atoms with E-state index in [2.05, 4.69) is 31.2 Å². The van der Waals surface area contributed by atoms with E-state index in [1.807, 2.05) is 0 Å². The highest BCUT2D eigenvalue weighted by Crippen LogP contribution is 2.40. The van der Waals surface area contributed by atoms with Crippen molar-refractivity contribution in [1.29, 1.82) is 0 Å². The Morgan fingerprint density at radius 1 is 1.37 bits per heavy atom. The van der Waals surface area contributed by atoms with Crippen LogP contribution in [0.15, 0.2) is 16.6 Å². The van der Waals surface area contributed by atoms with E-state index in [1.54, 1.807) is 24.1 Å². The molecule has 2 aliphatic rings. The monoisotopic (exact) mass is 452 g/mol. The van der Waals surface area contributed by atoms with Crippen LogP contribution in [-0.4, -0.2) is 33.7 Å². The zero-order chi connectivity index (χ0) is 19.3. The minimum absolute atomic E-state index is 0.126. The van der Waals surface area contributed by atoms with Gasteiger partial charge in [0.1, 0.15) is 5.75 Å². The molecule has 1 aromatic carbocycles. The standard InChI is InChI=1S/C17H18BrClN6O2/c1-27-13-4-8(11(19)5-10(13)18)14-9-6-25(7-12(9)22-15(20)23-14)16(26)24-17(21)2-3-17/h4-5H,2-3,6-7,21H2,1H3,(H,24,26)(H2,20,22,23). The van der Waals surface area contributed by atoms with Crippen LogP contribution in [0.1, 0.15) is 24.1 Å². The van der Waals surface area contributed by atoms with E-state index in [9.17, 15) is 4.79 Å². The molecule has 1 saturated carbocycles. The lowest BCUT2D eigenvalue weighted by Gasteiger charge is -2.19. The smallest absolute Gasteiger partial charge is 0.319 e. The molecule has 0 bridgehead atoms. The van der Waals surface area contributed by atoms with Crippen molar-refractivity contribution < 1.29 is 9.53 Å². The average Bonchev–Trinajstić information content (AvgIpc) is 3.16. The van der Waals surface area contributed by atoms with Gasteiger partial charge in [-0.25, -0.2) is 14.8 Å². The number of ether oxygens (including phenoxy) is 1. The van der Waals surface area contributed by atoms with Crippen LogP contribution in [0.5, 0.6) is 5.75 Å². The van der Waals surface area contributed by atoms with Crippen LogP contribution in [0.2, 0.25) is 5.02 Å². The summed E-state index contributed by atoms with van der Waals surface area (Å²) in [5.74, 6) is 0.744. The predicted molar refractivity (Wildman–Crippen MR) is 105 cm³/mol. The van der Waals surface area contributed by atoms with Crippen molar-refractivity contribution in [2.75, 3.05) is 12.8 Å². The minimum atomic E-state index is -0.582. The van der Waals surface area contributed by atoms with Gasteiger partial charge < -0.3 is 26.4 Å². The van der Waals surface area contributed by atoms with E-state index in [0.717, 1.165) is 22.9 Å². The molecule has 142 valence electrons. The Labute approximate surface area is 169 Å². The first kappa shape index (κ1) is 18.3. The van der Waals surface area contributed by atoms with Crippen molar-refractivity contribution in [3.8, 4) is 17.0 Å². The number of benzene rings is 1. The van der Waals surface area contributed by atoms with Crippen LogP contribution >= 0.6 is 27.5 Å². The Hall–Kier alpha value is -2.10. The fourth-order valence-corrected chi connectivity index (χ4v) is 3.95. The summed E-state index contributed by atoms with van der Waals surface area (Å²) >= 11 is 9.86. The topological polar surface area (TPSA) is 119 Å². The third-order valence-electron chi connectivity index (χ3n) is 4.73. The first-order chi connectivity index (χ1) is 12.8. The third kappa shape index (κ3) is 3.42. The second-order valence-corrected chi connectivity index (χ2v) is 8.03. The van der Waals surface area contributed by atoms with Crippen molar-refractivity contribution in [2.24, 2.45) is 5.73 Å². The molecular weight excluding hydrogens is 436 g/mol. The lowest BCUT2D eigenvalue weighted by atomic mass is 10.1. The molecule has 2 aromatic rings. The van der Waals surface area contributed by atoms with Gasteiger partial charge in [0, 0.05) is 11.1 Å². The Morgan fingerprint density at radius 3 is 2.78 bits per heavy atom. The number of halogens is 2. The number of carbonyl (C=O) groups excluding carboxylic acids is 1. The number of methoxy groups -OCH3 is 1. The molecule has 0 spiro atoms. The van der Waals surface area contributed by atoms with Crippen molar-refractivity contribution in [3.05, 3.63) is 32.9 Å². The summed E-state index contributed by atoms with van der Waals surface area (Å²) in [7, 11) is 1.57. The second-order valence-electron chi connectivity index (χ2n) is 6.76. The van der Waals surface area contributed by atoms with Crippen LogP contribution in [-0.2, 0) is 13.1 Å². The molecule has 10 heteroatoms. The summed E-state index contributed by atoms with van der Waals surface area (Å²) in [4.78, 5) is 22.8. The number of nitrogen functional groups attached to an aromatic ring is 1. The van der Waals surface area contributed by atoms with Gasteiger partial charge in [0.15, 0.2) is 0 Å². The molecule has 0 saturated heterocycles. The fraction of sp³-hybridized carbons (Fsp3) is 0.353. The van der Waals surface area contributed by atoms with Gasteiger partial charge in [-0.3, -0.25) is 0 Å². The van der Waals surface area contributed by atoms with Crippen LogP contribution in [0.4, 0.5) is 10.7 Å². The molecule has 5 N–H and O–H groups in total. The summed E-state index contributed by atoms with van der Waals surface area (Å²) in [5.41, 5.74) is 14.1. The van der Waals surface area contributed by atoms with Gasteiger partial charge in [-0.15, -0.1) is 0 Å². The van der Waals surface area contributed by atoms with Crippen LogP contribution < -0.4 is 21.5 Å². The minimum Gasteiger partial charge on any atom is -0.496 e. The average molecular weight is 454 g/mol. The molecule has 27 heavy (non-hydrogen) atoms. The zero-order valence-corrected chi connectivity index (χ0v) is 16.9. The maximum absolute atomic E-state index is 12.5. The molecule has 1 aliphatic carbocycles. The number of anilines is 1. The number of nitrogens with zero attached hydrogens (tertiary/aromatic N) is 3.